The topological polar surface area (TPSA) is 50.2 Å². The fraction of sp³-hybridized carbons (Fsp3) is 0.556. The van der Waals surface area contributed by atoms with Crippen LogP contribution in [-0.2, 0) is 18.3 Å². The van der Waals surface area contributed by atoms with Crippen molar-refractivity contribution in [1.82, 2.24) is 20.0 Å². The van der Waals surface area contributed by atoms with Crippen molar-refractivity contribution < 1.29 is 4.79 Å². The molecule has 1 amide bonds. The second kappa shape index (κ2) is 8.44. The van der Waals surface area contributed by atoms with E-state index in [0.29, 0.717) is 13.0 Å². The Hall–Kier alpha value is -1.66. The maximum absolute atomic E-state index is 12.4. The van der Waals surface area contributed by atoms with E-state index in [4.69, 9.17) is 0 Å². The minimum atomic E-state index is 0.0570. The number of hydrogen-bond acceptors (Lipinski definition) is 4. The highest BCUT2D eigenvalue weighted by molar-refractivity contribution is 7.07. The van der Waals surface area contributed by atoms with E-state index in [-0.39, 0.29) is 11.9 Å². The van der Waals surface area contributed by atoms with Gasteiger partial charge in [0, 0.05) is 24.8 Å². The van der Waals surface area contributed by atoms with E-state index in [1.165, 1.54) is 5.56 Å². The average Bonchev–Trinajstić information content (AvgIpc) is 3.16. The van der Waals surface area contributed by atoms with E-state index in [0.717, 1.165) is 30.0 Å². The molecule has 1 atom stereocenters. The van der Waals surface area contributed by atoms with E-state index in [1.54, 1.807) is 11.3 Å². The van der Waals surface area contributed by atoms with Gasteiger partial charge in [-0.2, -0.15) is 16.4 Å². The summed E-state index contributed by atoms with van der Waals surface area (Å²) < 4.78 is 1.84. The largest absolute Gasteiger partial charge is 0.354 e. The van der Waals surface area contributed by atoms with Crippen LogP contribution >= 0.6 is 11.3 Å². The van der Waals surface area contributed by atoms with Crippen molar-refractivity contribution in [1.29, 1.82) is 0 Å². The number of nitrogens with zero attached hydrogens (tertiary/aromatic N) is 3. The summed E-state index contributed by atoms with van der Waals surface area (Å²) in [5.41, 5.74) is 4.30. The molecule has 0 unspecified atom stereocenters. The van der Waals surface area contributed by atoms with Crippen LogP contribution in [0.2, 0.25) is 0 Å². The van der Waals surface area contributed by atoms with Crippen LogP contribution in [0, 0.1) is 13.8 Å². The van der Waals surface area contributed by atoms with Crippen LogP contribution in [0.3, 0.4) is 0 Å². The Morgan fingerprint density at radius 2 is 2.08 bits per heavy atom. The minimum absolute atomic E-state index is 0.0570. The summed E-state index contributed by atoms with van der Waals surface area (Å²) in [6.07, 6.45) is 0.389. The van der Waals surface area contributed by atoms with Gasteiger partial charge in [-0.15, -0.1) is 0 Å². The first-order valence-corrected chi connectivity index (χ1v) is 9.44. The predicted octanol–water partition coefficient (Wildman–Crippen LogP) is 2.84. The second-order valence-corrected chi connectivity index (χ2v) is 6.83. The monoisotopic (exact) mass is 348 g/mol. The minimum Gasteiger partial charge on any atom is -0.354 e. The smallest absolute Gasteiger partial charge is 0.224 e. The van der Waals surface area contributed by atoms with Crippen molar-refractivity contribution in [2.24, 2.45) is 7.05 Å². The van der Waals surface area contributed by atoms with E-state index >= 15 is 0 Å². The molecule has 0 aromatic carbocycles. The number of thiophene rings is 1. The molecule has 24 heavy (non-hydrogen) atoms. The van der Waals surface area contributed by atoms with Gasteiger partial charge in [0.1, 0.15) is 0 Å². The summed E-state index contributed by atoms with van der Waals surface area (Å²) in [7, 11) is 1.91. The Morgan fingerprint density at radius 3 is 2.58 bits per heavy atom. The Labute approximate surface area is 148 Å². The lowest BCUT2D eigenvalue weighted by molar-refractivity contribution is -0.120. The van der Waals surface area contributed by atoms with Crippen molar-refractivity contribution in [3.05, 3.63) is 39.3 Å². The molecule has 1 N–H and O–H groups in total. The molecule has 0 saturated carbocycles. The van der Waals surface area contributed by atoms with Gasteiger partial charge < -0.3 is 5.32 Å². The van der Waals surface area contributed by atoms with Gasteiger partial charge in [0.05, 0.1) is 18.2 Å². The molecule has 5 nitrogen and oxygen atoms in total. The zero-order chi connectivity index (χ0) is 17.7. The number of carbonyl (C=O) groups is 1. The number of aryl methyl sites for hydroxylation is 2. The predicted molar refractivity (Wildman–Crippen MR) is 99.4 cm³/mol. The number of carbonyl (C=O) groups excluding carboxylic acids is 1. The van der Waals surface area contributed by atoms with Gasteiger partial charge in [-0.25, -0.2) is 0 Å². The summed E-state index contributed by atoms with van der Waals surface area (Å²) >= 11 is 1.70. The molecule has 0 radical (unpaired) electrons. The molecule has 0 saturated heterocycles. The molecular weight excluding hydrogens is 320 g/mol. The van der Waals surface area contributed by atoms with Crippen LogP contribution in [0.25, 0.3) is 0 Å². The van der Waals surface area contributed by atoms with Gasteiger partial charge in [0.25, 0.3) is 0 Å². The van der Waals surface area contributed by atoms with Crippen molar-refractivity contribution in [3.8, 4) is 0 Å². The van der Waals surface area contributed by atoms with Crippen molar-refractivity contribution in [2.75, 3.05) is 19.6 Å². The Morgan fingerprint density at radius 1 is 1.38 bits per heavy atom. The fourth-order valence-corrected chi connectivity index (χ4v) is 3.80. The molecular formula is C18H28N4OS. The highest BCUT2D eigenvalue weighted by atomic mass is 32.1. The highest BCUT2D eigenvalue weighted by Gasteiger charge is 2.20. The zero-order valence-electron chi connectivity index (χ0n) is 15.3. The number of nitrogens with one attached hydrogen (secondary N) is 1. The molecule has 0 spiro atoms. The Kier molecular flexibility index (Phi) is 6.57. The maximum Gasteiger partial charge on any atom is 0.224 e. The number of aromatic nitrogens is 2. The van der Waals surface area contributed by atoms with Crippen LogP contribution in [0.1, 0.15) is 42.4 Å². The van der Waals surface area contributed by atoms with Gasteiger partial charge in [-0.1, -0.05) is 13.8 Å². The molecule has 0 aliphatic heterocycles. The molecule has 2 rings (SSSR count). The number of hydrogen-bond donors (Lipinski definition) is 1. The third-order valence-electron chi connectivity index (χ3n) is 4.67. The molecule has 2 aromatic heterocycles. The standard InChI is InChI=1S/C18H28N4OS/c1-6-22(7-2)17(15-8-9-24-12-15)11-19-18(23)10-16-13(3)20-21(5)14(16)4/h8-9,12,17H,6-7,10-11H2,1-5H3,(H,19,23)/t17-/m0/s1. The van der Waals surface area contributed by atoms with Crippen LogP contribution < -0.4 is 5.32 Å². The van der Waals surface area contributed by atoms with E-state index in [1.807, 2.05) is 25.6 Å². The van der Waals surface area contributed by atoms with Gasteiger partial charge >= 0.3 is 0 Å². The molecule has 0 bridgehead atoms. The Bertz CT molecular complexity index is 659. The lowest BCUT2D eigenvalue weighted by atomic mass is 10.1. The molecule has 2 heterocycles. The first-order chi connectivity index (χ1) is 11.5. The zero-order valence-corrected chi connectivity index (χ0v) is 16.1. The van der Waals surface area contributed by atoms with Crippen LogP contribution in [0.5, 0.6) is 0 Å². The SMILES string of the molecule is CCN(CC)[C@@H](CNC(=O)Cc1c(C)nn(C)c1C)c1ccsc1. The van der Waals surface area contributed by atoms with Crippen molar-refractivity contribution in [3.63, 3.8) is 0 Å². The van der Waals surface area contributed by atoms with Crippen molar-refractivity contribution >= 4 is 17.2 Å². The summed E-state index contributed by atoms with van der Waals surface area (Å²) in [5.74, 6) is 0.0570. The average molecular weight is 349 g/mol. The molecule has 0 aliphatic carbocycles. The highest BCUT2D eigenvalue weighted by Crippen LogP contribution is 2.22. The Balaban J connectivity index is 2.02. The maximum atomic E-state index is 12.4. The first kappa shape index (κ1) is 18.7. The van der Waals surface area contributed by atoms with Crippen molar-refractivity contribution in [2.45, 2.75) is 40.2 Å². The third kappa shape index (κ3) is 4.24. The quantitative estimate of drug-likeness (QED) is 0.798. The molecule has 132 valence electrons. The molecule has 0 fully saturated rings. The van der Waals surface area contributed by atoms with Crippen LogP contribution in [0.15, 0.2) is 16.8 Å². The molecule has 0 aliphatic rings. The van der Waals surface area contributed by atoms with Crippen LogP contribution in [-0.4, -0.2) is 40.2 Å². The number of amides is 1. The fourth-order valence-electron chi connectivity index (χ4n) is 3.09. The van der Waals surface area contributed by atoms with Gasteiger partial charge in [-0.3, -0.25) is 14.4 Å². The lowest BCUT2D eigenvalue weighted by Gasteiger charge is -2.29. The van der Waals surface area contributed by atoms with E-state index in [9.17, 15) is 4.79 Å². The summed E-state index contributed by atoms with van der Waals surface area (Å²) in [6, 6.07) is 2.38. The second-order valence-electron chi connectivity index (χ2n) is 6.05. The van der Waals surface area contributed by atoms with E-state index < -0.39 is 0 Å². The normalized spacial score (nSPS) is 12.6. The lowest BCUT2D eigenvalue weighted by Crippen LogP contribution is -2.38. The van der Waals surface area contributed by atoms with Gasteiger partial charge in [-0.05, 0) is 49.3 Å². The van der Waals surface area contributed by atoms with E-state index in [2.05, 4.69) is 46.0 Å². The number of rotatable bonds is 8. The summed E-state index contributed by atoms with van der Waals surface area (Å²) in [6.45, 7) is 10.9. The van der Waals surface area contributed by atoms with Crippen LogP contribution in [0.4, 0.5) is 0 Å². The molecule has 6 heteroatoms. The first-order valence-electron chi connectivity index (χ1n) is 8.49. The number of likely N-dealkylation sites (N-methyl/N-ethyl adjacent to an activating group) is 1. The van der Waals surface area contributed by atoms with Gasteiger partial charge in [0.2, 0.25) is 5.91 Å². The third-order valence-corrected chi connectivity index (χ3v) is 5.37. The summed E-state index contributed by atoms with van der Waals surface area (Å²) in [4.78, 5) is 14.8. The summed E-state index contributed by atoms with van der Waals surface area (Å²) in [5, 5.41) is 11.8. The molecule has 2 aromatic rings. The van der Waals surface area contributed by atoms with Gasteiger partial charge in [0.15, 0.2) is 0 Å².